The molecule has 3 aliphatic carbocycles. The molecule has 41 heavy (non-hydrogen) atoms. The van der Waals surface area contributed by atoms with Crippen LogP contribution in [0.4, 0.5) is 18.9 Å². The van der Waals surface area contributed by atoms with E-state index in [2.05, 4.69) is 0 Å². The monoisotopic (exact) mass is 581 g/mol. The number of amides is 1. The maximum atomic E-state index is 13.9. The van der Waals surface area contributed by atoms with E-state index in [1.165, 1.54) is 30.0 Å². The summed E-state index contributed by atoms with van der Waals surface area (Å²) in [6, 6.07) is -0.0325. The van der Waals surface area contributed by atoms with Crippen molar-refractivity contribution in [2.45, 2.75) is 43.5 Å². The lowest BCUT2D eigenvalue weighted by Gasteiger charge is -2.50. The Labute approximate surface area is 232 Å². The van der Waals surface area contributed by atoms with Gasteiger partial charge in [-0.1, -0.05) is 0 Å². The molecule has 14 heteroatoms. The van der Waals surface area contributed by atoms with Crippen LogP contribution in [0.5, 0.6) is 5.75 Å². The average molecular weight is 582 g/mol. The Hall–Kier alpha value is -3.91. The van der Waals surface area contributed by atoms with Gasteiger partial charge in [-0.15, -0.1) is 0 Å². The number of rotatable bonds is 6. The number of primary amides is 1. The summed E-state index contributed by atoms with van der Waals surface area (Å²) in [5, 5.41) is 45.0. The number of hydrogen-bond acceptors (Lipinski definition) is 10. The third kappa shape index (κ3) is 4.54. The first kappa shape index (κ1) is 30.1. The summed E-state index contributed by atoms with van der Waals surface area (Å²) in [4.78, 5) is 54.8. The van der Waals surface area contributed by atoms with Gasteiger partial charge in [0.2, 0.25) is 5.78 Å². The molecule has 0 saturated heterocycles. The van der Waals surface area contributed by atoms with Gasteiger partial charge in [0.05, 0.1) is 23.6 Å². The molecule has 0 aliphatic heterocycles. The van der Waals surface area contributed by atoms with Gasteiger partial charge in [0.15, 0.2) is 17.2 Å². The highest BCUT2D eigenvalue weighted by Gasteiger charge is 2.64. The predicted octanol–water partition coefficient (Wildman–Crippen LogP) is 1.56. The first-order valence-electron chi connectivity index (χ1n) is 12.6. The standard InChI is InChI=1S/C27H30F3N3O8/c1-32(2)14-9-12(15(34)5-6-26(28,29)30)20(35)17-11(14)7-10-8-13-19(33(3)4)22(37)18(25(31)40)24(39)27(13,41)23(38)16(10)21(17)36/h9-10,13,19,35-36,39,41H,5-8H2,1-4H3,(H2,31,40)/t10-,13-,19-,27-/m0/s1. The minimum absolute atomic E-state index is 0.0351. The number of aromatic hydroxyl groups is 1. The van der Waals surface area contributed by atoms with E-state index in [4.69, 9.17) is 5.73 Å². The van der Waals surface area contributed by atoms with Crippen molar-refractivity contribution in [1.29, 1.82) is 0 Å². The summed E-state index contributed by atoms with van der Waals surface area (Å²) in [5.74, 6) is -9.58. The first-order valence-corrected chi connectivity index (χ1v) is 12.6. The molecular weight excluding hydrogens is 551 g/mol. The Morgan fingerprint density at radius 3 is 2.24 bits per heavy atom. The molecule has 11 nitrogen and oxygen atoms in total. The second kappa shape index (κ2) is 9.87. The normalized spacial score (nSPS) is 26.1. The fraction of sp³-hybridized carbons (Fsp3) is 0.481. The van der Waals surface area contributed by atoms with Gasteiger partial charge in [0, 0.05) is 37.7 Å². The van der Waals surface area contributed by atoms with E-state index in [0.29, 0.717) is 0 Å². The number of fused-ring (bicyclic) bond motifs is 3. The van der Waals surface area contributed by atoms with Crippen molar-refractivity contribution in [1.82, 2.24) is 4.90 Å². The summed E-state index contributed by atoms with van der Waals surface area (Å²) in [5.41, 5.74) is 0.762. The van der Waals surface area contributed by atoms with Crippen LogP contribution in [0.25, 0.3) is 5.76 Å². The lowest BCUT2D eigenvalue weighted by Crippen LogP contribution is -2.65. The van der Waals surface area contributed by atoms with Crippen LogP contribution in [0.1, 0.15) is 40.7 Å². The molecule has 3 aliphatic rings. The number of carbonyl (C=O) groups is 4. The van der Waals surface area contributed by atoms with Crippen LogP contribution in [0.15, 0.2) is 23.0 Å². The van der Waals surface area contributed by atoms with E-state index in [0.717, 1.165) is 0 Å². The fourth-order valence-electron chi connectivity index (χ4n) is 6.29. The summed E-state index contributed by atoms with van der Waals surface area (Å²) in [6.45, 7) is 0. The molecule has 4 atom stereocenters. The number of aliphatic hydroxyl groups excluding tert-OH is 2. The number of likely N-dealkylation sites (N-methyl/N-ethyl adjacent to an activating group) is 1. The van der Waals surface area contributed by atoms with Gasteiger partial charge in [-0.2, -0.15) is 13.2 Å². The van der Waals surface area contributed by atoms with Gasteiger partial charge in [-0.3, -0.25) is 24.1 Å². The molecule has 1 aromatic carbocycles. The number of carbonyl (C=O) groups excluding carboxylic acids is 4. The Morgan fingerprint density at radius 1 is 1.12 bits per heavy atom. The van der Waals surface area contributed by atoms with E-state index in [-0.39, 0.29) is 29.7 Å². The van der Waals surface area contributed by atoms with Crippen molar-refractivity contribution in [3.63, 3.8) is 0 Å². The second-order valence-corrected chi connectivity index (χ2v) is 11.0. The van der Waals surface area contributed by atoms with Gasteiger partial charge >= 0.3 is 6.18 Å². The zero-order chi connectivity index (χ0) is 30.9. The van der Waals surface area contributed by atoms with Gasteiger partial charge in [-0.05, 0) is 44.5 Å². The predicted molar refractivity (Wildman–Crippen MR) is 138 cm³/mol. The van der Waals surface area contributed by atoms with Crippen LogP contribution >= 0.6 is 0 Å². The fourth-order valence-corrected chi connectivity index (χ4v) is 6.29. The molecule has 4 rings (SSSR count). The number of Topliss-reactive ketones (excluding diaryl/α,β-unsaturated/α-hetero) is 3. The van der Waals surface area contributed by atoms with Gasteiger partial charge < -0.3 is 31.1 Å². The number of phenolic OH excluding ortho intramolecular Hbond substituents is 1. The zero-order valence-corrected chi connectivity index (χ0v) is 22.7. The molecule has 222 valence electrons. The maximum Gasteiger partial charge on any atom is 0.389 e. The Morgan fingerprint density at radius 2 is 1.73 bits per heavy atom. The lowest BCUT2D eigenvalue weighted by molar-refractivity contribution is -0.153. The minimum atomic E-state index is -4.63. The number of nitrogens with two attached hydrogens (primary N) is 1. The highest BCUT2D eigenvalue weighted by Crippen LogP contribution is 2.54. The van der Waals surface area contributed by atoms with Crippen LogP contribution in [-0.4, -0.2) is 94.6 Å². The molecule has 1 aromatic rings. The molecular formula is C27H30F3N3O8. The zero-order valence-electron chi connectivity index (χ0n) is 22.7. The Balaban J connectivity index is 1.95. The number of aliphatic hydroxyl groups is 3. The van der Waals surface area contributed by atoms with Crippen molar-refractivity contribution in [2.75, 3.05) is 33.1 Å². The molecule has 1 saturated carbocycles. The largest absolute Gasteiger partial charge is 0.508 e. The molecule has 1 fully saturated rings. The topological polar surface area (TPSA) is 182 Å². The van der Waals surface area contributed by atoms with Crippen molar-refractivity contribution in [3.8, 4) is 5.75 Å². The van der Waals surface area contributed by atoms with Gasteiger partial charge in [-0.25, -0.2) is 0 Å². The van der Waals surface area contributed by atoms with Gasteiger partial charge in [0.25, 0.3) is 5.91 Å². The summed E-state index contributed by atoms with van der Waals surface area (Å²) in [7, 11) is 6.11. The molecule has 0 aromatic heterocycles. The van der Waals surface area contributed by atoms with Crippen molar-refractivity contribution in [2.24, 2.45) is 17.6 Å². The Kier molecular flexibility index (Phi) is 7.24. The lowest BCUT2D eigenvalue weighted by atomic mass is 9.57. The Bertz CT molecular complexity index is 1450. The summed E-state index contributed by atoms with van der Waals surface area (Å²) in [6.07, 6.45) is -7.22. The molecule has 1 amide bonds. The second-order valence-electron chi connectivity index (χ2n) is 11.0. The molecule has 6 N–H and O–H groups in total. The van der Waals surface area contributed by atoms with E-state index >= 15 is 0 Å². The summed E-state index contributed by atoms with van der Waals surface area (Å²) < 4.78 is 38.3. The smallest absolute Gasteiger partial charge is 0.389 e. The number of benzene rings is 1. The maximum absolute atomic E-state index is 13.9. The van der Waals surface area contributed by atoms with Crippen LogP contribution in [0.3, 0.4) is 0 Å². The third-order valence-electron chi connectivity index (χ3n) is 8.11. The molecule has 0 unspecified atom stereocenters. The van der Waals surface area contributed by atoms with Crippen molar-refractivity contribution >= 4 is 34.7 Å². The minimum Gasteiger partial charge on any atom is -0.508 e. The summed E-state index contributed by atoms with van der Waals surface area (Å²) >= 11 is 0. The van der Waals surface area contributed by atoms with E-state index in [9.17, 15) is 52.8 Å². The van der Waals surface area contributed by atoms with Crippen molar-refractivity contribution < 1.29 is 52.8 Å². The third-order valence-corrected chi connectivity index (χ3v) is 8.11. The quantitative estimate of drug-likeness (QED) is 0.244. The number of nitrogens with zero attached hydrogens (tertiary/aromatic N) is 2. The van der Waals surface area contributed by atoms with Crippen LogP contribution in [-0.2, 0) is 20.8 Å². The number of hydrogen-bond donors (Lipinski definition) is 5. The number of ketones is 3. The molecule has 0 bridgehead atoms. The number of phenols is 1. The number of anilines is 1. The van der Waals surface area contributed by atoms with E-state index in [1.54, 1.807) is 14.1 Å². The van der Waals surface area contributed by atoms with Crippen molar-refractivity contribution in [3.05, 3.63) is 39.7 Å². The van der Waals surface area contributed by atoms with Crippen LogP contribution in [0.2, 0.25) is 0 Å². The van der Waals surface area contributed by atoms with Gasteiger partial charge in [0.1, 0.15) is 22.8 Å². The van der Waals surface area contributed by atoms with E-state index < -0.39 is 99.7 Å². The first-order chi connectivity index (χ1) is 18.8. The molecule has 0 heterocycles. The number of halogens is 3. The van der Waals surface area contributed by atoms with Crippen LogP contribution in [0, 0.1) is 11.8 Å². The average Bonchev–Trinajstić information content (AvgIpc) is 2.83. The SMILES string of the molecule is CN(C)c1cc(C(=O)CCC(F)(F)F)c(O)c2c1C[C@H]1C[C@H]3[C@H](N(C)C)C(=O)C(C(N)=O)=C(O)[C@@]3(O)C(=O)C1=C2O. The van der Waals surface area contributed by atoms with E-state index in [1.807, 2.05) is 0 Å². The highest BCUT2D eigenvalue weighted by atomic mass is 19.4. The molecule has 0 spiro atoms. The highest BCUT2D eigenvalue weighted by molar-refractivity contribution is 6.24. The van der Waals surface area contributed by atoms with Crippen LogP contribution < -0.4 is 10.6 Å². The number of alkyl halides is 3. The molecule has 0 radical (unpaired) electrons.